The third-order valence-corrected chi connectivity index (χ3v) is 6.01. The molecule has 1 fully saturated rings. The van der Waals surface area contributed by atoms with Gasteiger partial charge in [-0.15, -0.1) is 0 Å². The summed E-state index contributed by atoms with van der Waals surface area (Å²) in [7, 11) is 0. The van der Waals surface area contributed by atoms with Gasteiger partial charge in [0.05, 0.1) is 22.9 Å². The van der Waals surface area contributed by atoms with Crippen LogP contribution in [0.5, 0.6) is 0 Å². The summed E-state index contributed by atoms with van der Waals surface area (Å²) < 4.78 is 8.91. The molecule has 1 amide bonds. The highest BCUT2D eigenvalue weighted by Gasteiger charge is 2.26. The molecule has 0 bridgehead atoms. The number of benzene rings is 1. The largest absolute Gasteiger partial charge is 0.376 e. The summed E-state index contributed by atoms with van der Waals surface area (Å²) in [6, 6.07) is 10.9. The Morgan fingerprint density at radius 3 is 2.96 bits per heavy atom. The Hall–Kier alpha value is -2.03. The second-order valence-electron chi connectivity index (χ2n) is 6.42. The van der Waals surface area contributed by atoms with Gasteiger partial charge < -0.3 is 9.30 Å². The first-order chi connectivity index (χ1) is 13.1. The Kier molecular flexibility index (Phi) is 5.38. The van der Waals surface area contributed by atoms with Crippen molar-refractivity contribution < 1.29 is 9.53 Å². The van der Waals surface area contributed by atoms with Gasteiger partial charge >= 0.3 is 0 Å². The van der Waals surface area contributed by atoms with Crippen LogP contribution in [0.4, 0.5) is 5.13 Å². The van der Waals surface area contributed by atoms with E-state index in [1.54, 1.807) is 17.2 Å². The number of carbonyl (C=O) groups excluding carboxylic acids is 1. The first-order valence-corrected chi connectivity index (χ1v) is 10.3. The van der Waals surface area contributed by atoms with Crippen molar-refractivity contribution in [2.75, 3.05) is 18.1 Å². The number of hydrogen-bond acceptors (Lipinski definition) is 5. The molecular formula is C19H18BrN3O3S. The summed E-state index contributed by atoms with van der Waals surface area (Å²) in [6.45, 7) is 1.12. The summed E-state index contributed by atoms with van der Waals surface area (Å²) in [6.07, 6.45) is 3.55. The van der Waals surface area contributed by atoms with Gasteiger partial charge in [0.2, 0.25) is 5.91 Å². The van der Waals surface area contributed by atoms with Crippen molar-refractivity contribution in [1.29, 1.82) is 0 Å². The van der Waals surface area contributed by atoms with E-state index in [9.17, 15) is 9.59 Å². The van der Waals surface area contributed by atoms with E-state index in [0.717, 1.165) is 34.1 Å². The molecule has 1 aromatic carbocycles. The van der Waals surface area contributed by atoms with Crippen molar-refractivity contribution in [2.45, 2.75) is 25.5 Å². The van der Waals surface area contributed by atoms with Gasteiger partial charge in [-0.3, -0.25) is 14.5 Å². The molecule has 27 heavy (non-hydrogen) atoms. The highest BCUT2D eigenvalue weighted by molar-refractivity contribution is 9.10. The van der Waals surface area contributed by atoms with Gasteiger partial charge in [-0.05, 0) is 47.0 Å². The van der Waals surface area contributed by atoms with Gasteiger partial charge in [0.25, 0.3) is 5.56 Å². The molecule has 1 atom stereocenters. The second-order valence-corrected chi connectivity index (χ2v) is 8.34. The van der Waals surface area contributed by atoms with Crippen LogP contribution in [-0.4, -0.2) is 34.7 Å². The number of hydrogen-bond donors (Lipinski definition) is 0. The normalized spacial score (nSPS) is 16.7. The van der Waals surface area contributed by atoms with E-state index in [1.165, 1.54) is 22.0 Å². The van der Waals surface area contributed by atoms with E-state index in [0.29, 0.717) is 11.7 Å². The number of ether oxygens (including phenoxy) is 1. The summed E-state index contributed by atoms with van der Waals surface area (Å²) in [5.74, 6) is -0.176. The van der Waals surface area contributed by atoms with E-state index in [4.69, 9.17) is 4.74 Å². The van der Waals surface area contributed by atoms with Gasteiger partial charge in [0.1, 0.15) is 6.54 Å². The number of para-hydroxylation sites is 1. The van der Waals surface area contributed by atoms with Crippen LogP contribution < -0.4 is 10.5 Å². The Labute approximate surface area is 168 Å². The quantitative estimate of drug-likeness (QED) is 0.600. The fraction of sp³-hybridized carbons (Fsp3) is 0.316. The van der Waals surface area contributed by atoms with Crippen LogP contribution in [0.3, 0.4) is 0 Å². The molecule has 8 heteroatoms. The number of thiazole rings is 1. The minimum absolute atomic E-state index is 0.000179. The van der Waals surface area contributed by atoms with E-state index in [2.05, 4.69) is 20.9 Å². The predicted molar refractivity (Wildman–Crippen MR) is 109 cm³/mol. The zero-order valence-electron chi connectivity index (χ0n) is 14.5. The van der Waals surface area contributed by atoms with E-state index < -0.39 is 0 Å². The lowest BCUT2D eigenvalue weighted by molar-refractivity contribution is -0.119. The van der Waals surface area contributed by atoms with Gasteiger partial charge in [-0.1, -0.05) is 23.5 Å². The van der Waals surface area contributed by atoms with Crippen LogP contribution in [0, 0.1) is 0 Å². The fourth-order valence-electron chi connectivity index (χ4n) is 3.11. The topological polar surface area (TPSA) is 64.4 Å². The molecule has 2 aromatic heterocycles. The lowest BCUT2D eigenvalue weighted by Gasteiger charge is -2.23. The standard InChI is InChI=1S/C19H18BrN3O3S/c20-13-7-8-17(24)22(10-13)12-18(25)23(11-14-4-3-9-26-14)19-21-15-5-1-2-6-16(15)27-19/h1-2,5-8,10,14H,3-4,9,11-12H2. The van der Waals surface area contributed by atoms with Crippen LogP contribution in [0.1, 0.15) is 12.8 Å². The van der Waals surface area contributed by atoms with Gasteiger partial charge in [0, 0.05) is 23.3 Å². The molecule has 1 unspecified atom stereocenters. The number of fused-ring (bicyclic) bond motifs is 1. The van der Waals surface area contributed by atoms with Crippen molar-refractivity contribution in [2.24, 2.45) is 0 Å². The third kappa shape index (κ3) is 4.12. The molecule has 4 rings (SSSR count). The first kappa shape index (κ1) is 18.3. The van der Waals surface area contributed by atoms with Crippen molar-refractivity contribution in [3.05, 3.63) is 57.4 Å². The summed E-state index contributed by atoms with van der Waals surface area (Å²) in [4.78, 5) is 31.5. The lowest BCUT2D eigenvalue weighted by atomic mass is 10.2. The van der Waals surface area contributed by atoms with Crippen LogP contribution in [0.2, 0.25) is 0 Å². The van der Waals surface area contributed by atoms with E-state index in [-0.39, 0.29) is 24.1 Å². The molecule has 140 valence electrons. The molecule has 0 aliphatic carbocycles. The molecule has 3 heterocycles. The number of carbonyl (C=O) groups is 1. The third-order valence-electron chi connectivity index (χ3n) is 4.48. The maximum Gasteiger partial charge on any atom is 0.251 e. The summed E-state index contributed by atoms with van der Waals surface area (Å²) in [5.41, 5.74) is 0.648. The molecular weight excluding hydrogens is 430 g/mol. The monoisotopic (exact) mass is 447 g/mol. The highest BCUT2D eigenvalue weighted by atomic mass is 79.9. The SMILES string of the molecule is O=C(Cn1cc(Br)ccc1=O)N(CC1CCCO1)c1nc2ccccc2s1. The van der Waals surface area contributed by atoms with Crippen molar-refractivity contribution in [1.82, 2.24) is 9.55 Å². The molecule has 0 saturated carbocycles. The predicted octanol–water partition coefficient (Wildman–Crippen LogP) is 3.43. The molecule has 6 nitrogen and oxygen atoms in total. The zero-order chi connectivity index (χ0) is 18.8. The Balaban J connectivity index is 1.65. The van der Waals surface area contributed by atoms with Crippen LogP contribution in [-0.2, 0) is 16.1 Å². The molecule has 1 aliphatic heterocycles. The Bertz CT molecular complexity index is 993. The average molecular weight is 448 g/mol. The summed E-state index contributed by atoms with van der Waals surface area (Å²) >= 11 is 4.82. The molecule has 3 aromatic rings. The van der Waals surface area contributed by atoms with Crippen LogP contribution in [0.15, 0.2) is 51.9 Å². The van der Waals surface area contributed by atoms with Gasteiger partial charge in [0.15, 0.2) is 5.13 Å². The minimum Gasteiger partial charge on any atom is -0.376 e. The summed E-state index contributed by atoms with van der Waals surface area (Å²) in [5, 5.41) is 0.639. The van der Waals surface area contributed by atoms with Crippen LogP contribution >= 0.6 is 27.3 Å². The van der Waals surface area contributed by atoms with Crippen molar-refractivity contribution in [3.63, 3.8) is 0 Å². The Morgan fingerprint density at radius 1 is 1.33 bits per heavy atom. The number of pyridine rings is 1. The van der Waals surface area contributed by atoms with Gasteiger partial charge in [-0.2, -0.15) is 0 Å². The maximum atomic E-state index is 13.1. The molecule has 1 aliphatic rings. The maximum absolute atomic E-state index is 13.1. The minimum atomic E-state index is -0.215. The average Bonchev–Trinajstić information content (AvgIpc) is 3.31. The van der Waals surface area contributed by atoms with Crippen molar-refractivity contribution in [3.8, 4) is 0 Å². The number of nitrogens with zero attached hydrogens (tertiary/aromatic N) is 3. The van der Waals surface area contributed by atoms with E-state index in [1.807, 2.05) is 24.3 Å². The fourth-order valence-corrected chi connectivity index (χ4v) is 4.48. The molecule has 0 N–H and O–H groups in total. The highest BCUT2D eigenvalue weighted by Crippen LogP contribution is 2.30. The lowest BCUT2D eigenvalue weighted by Crippen LogP contribution is -2.40. The number of amides is 1. The van der Waals surface area contributed by atoms with Crippen molar-refractivity contribution >= 4 is 48.5 Å². The first-order valence-electron chi connectivity index (χ1n) is 8.74. The molecule has 0 radical (unpaired) electrons. The number of halogens is 1. The second kappa shape index (κ2) is 7.92. The molecule has 0 spiro atoms. The molecule has 1 saturated heterocycles. The number of rotatable bonds is 5. The zero-order valence-corrected chi connectivity index (χ0v) is 16.9. The smallest absolute Gasteiger partial charge is 0.251 e. The number of anilines is 1. The van der Waals surface area contributed by atoms with Gasteiger partial charge in [-0.25, -0.2) is 4.98 Å². The Morgan fingerprint density at radius 2 is 2.19 bits per heavy atom. The number of aromatic nitrogens is 2. The van der Waals surface area contributed by atoms with Crippen LogP contribution in [0.25, 0.3) is 10.2 Å². The van der Waals surface area contributed by atoms with E-state index >= 15 is 0 Å².